The molecule has 1 unspecified atom stereocenters. The number of aromatic nitrogens is 3. The summed E-state index contributed by atoms with van der Waals surface area (Å²) in [5.41, 5.74) is 5.42. The zero-order valence-corrected chi connectivity index (χ0v) is 11.3. The van der Waals surface area contributed by atoms with Gasteiger partial charge in [-0.3, -0.25) is 4.79 Å². The van der Waals surface area contributed by atoms with Gasteiger partial charge in [0.05, 0.1) is 6.10 Å². The van der Waals surface area contributed by atoms with E-state index in [9.17, 15) is 4.79 Å². The normalized spacial score (nSPS) is 19.6. The van der Waals surface area contributed by atoms with E-state index in [2.05, 4.69) is 17.0 Å². The second-order valence-corrected chi connectivity index (χ2v) is 4.78. The number of amides is 1. The monoisotopic (exact) mass is 267 g/mol. The molecule has 2 heterocycles. The van der Waals surface area contributed by atoms with Crippen molar-refractivity contribution < 1.29 is 9.53 Å². The Kier molecular flexibility index (Phi) is 4.73. The Morgan fingerprint density at radius 2 is 2.47 bits per heavy atom. The number of piperidine rings is 1. The predicted molar refractivity (Wildman–Crippen MR) is 70.3 cm³/mol. The first-order valence-electron chi connectivity index (χ1n) is 6.73. The van der Waals surface area contributed by atoms with Crippen LogP contribution in [0.15, 0.2) is 6.33 Å². The number of carbonyl (C=O) groups excluding carboxylic acids is 1. The maximum absolute atomic E-state index is 12.1. The molecule has 0 bridgehead atoms. The van der Waals surface area contributed by atoms with E-state index in [4.69, 9.17) is 10.5 Å². The second-order valence-electron chi connectivity index (χ2n) is 4.78. The summed E-state index contributed by atoms with van der Waals surface area (Å²) >= 11 is 0. The van der Waals surface area contributed by atoms with Gasteiger partial charge in [-0.1, -0.05) is 6.92 Å². The molecule has 0 aliphatic carbocycles. The van der Waals surface area contributed by atoms with Gasteiger partial charge in [-0.05, 0) is 19.3 Å². The maximum Gasteiger partial charge on any atom is 0.244 e. The minimum absolute atomic E-state index is 0.0368. The van der Waals surface area contributed by atoms with Gasteiger partial charge in [0.1, 0.15) is 12.9 Å². The molecule has 1 aromatic heterocycles. The highest BCUT2D eigenvalue weighted by atomic mass is 16.5. The van der Waals surface area contributed by atoms with Crippen molar-refractivity contribution in [3.63, 3.8) is 0 Å². The van der Waals surface area contributed by atoms with Crippen LogP contribution in [0, 0.1) is 0 Å². The van der Waals surface area contributed by atoms with Crippen LogP contribution in [0.1, 0.15) is 26.2 Å². The van der Waals surface area contributed by atoms with Gasteiger partial charge in [0.25, 0.3) is 0 Å². The van der Waals surface area contributed by atoms with Crippen LogP contribution in [0.25, 0.3) is 0 Å². The standard InChI is InChI=1S/C12H21N5O2/c1-2-6-19-10-4-3-5-16(7-10)11(18)8-17-9-14-12(13)15-17/h9-10H,2-8H2,1H3,(H2,13,15). The van der Waals surface area contributed by atoms with Gasteiger partial charge in [-0.2, -0.15) is 0 Å². The smallest absolute Gasteiger partial charge is 0.244 e. The number of nitrogens with zero attached hydrogens (tertiary/aromatic N) is 4. The highest BCUT2D eigenvalue weighted by molar-refractivity contribution is 5.76. The SMILES string of the molecule is CCCOC1CCCN(C(=O)Cn2cnc(N)n2)C1. The highest BCUT2D eigenvalue weighted by Crippen LogP contribution is 2.14. The van der Waals surface area contributed by atoms with Crippen LogP contribution in [0.2, 0.25) is 0 Å². The number of likely N-dealkylation sites (tertiary alicyclic amines) is 1. The molecule has 106 valence electrons. The molecule has 1 amide bonds. The molecule has 19 heavy (non-hydrogen) atoms. The lowest BCUT2D eigenvalue weighted by Crippen LogP contribution is -2.44. The summed E-state index contributed by atoms with van der Waals surface area (Å²) in [7, 11) is 0. The lowest BCUT2D eigenvalue weighted by Gasteiger charge is -2.32. The predicted octanol–water partition coefficient (Wildman–Crippen LogP) is 0.278. The number of rotatable bonds is 5. The number of hydrogen-bond acceptors (Lipinski definition) is 5. The van der Waals surface area contributed by atoms with Crippen molar-refractivity contribution in [2.24, 2.45) is 0 Å². The van der Waals surface area contributed by atoms with E-state index in [1.54, 1.807) is 0 Å². The van der Waals surface area contributed by atoms with Crippen molar-refractivity contribution in [1.82, 2.24) is 19.7 Å². The molecule has 0 radical (unpaired) electrons. The molecule has 1 aromatic rings. The molecule has 1 aliphatic rings. The maximum atomic E-state index is 12.1. The van der Waals surface area contributed by atoms with Crippen LogP contribution in [0.4, 0.5) is 5.95 Å². The first-order chi connectivity index (χ1) is 9.19. The van der Waals surface area contributed by atoms with E-state index in [1.807, 2.05) is 4.90 Å². The van der Waals surface area contributed by atoms with Crippen molar-refractivity contribution in [3.05, 3.63) is 6.33 Å². The fourth-order valence-corrected chi connectivity index (χ4v) is 2.21. The summed E-state index contributed by atoms with van der Waals surface area (Å²) in [4.78, 5) is 17.8. The summed E-state index contributed by atoms with van der Waals surface area (Å²) in [5.74, 6) is 0.227. The topological polar surface area (TPSA) is 86.3 Å². The third-order valence-corrected chi connectivity index (χ3v) is 3.14. The van der Waals surface area contributed by atoms with Crippen molar-refractivity contribution in [2.75, 3.05) is 25.4 Å². The quantitative estimate of drug-likeness (QED) is 0.828. The van der Waals surface area contributed by atoms with Gasteiger partial charge < -0.3 is 15.4 Å². The average molecular weight is 267 g/mol. The van der Waals surface area contributed by atoms with Crippen molar-refractivity contribution in [1.29, 1.82) is 0 Å². The van der Waals surface area contributed by atoms with Gasteiger partial charge in [-0.15, -0.1) is 5.10 Å². The first kappa shape index (κ1) is 13.8. The minimum Gasteiger partial charge on any atom is -0.376 e. The Morgan fingerprint density at radius 3 is 3.16 bits per heavy atom. The summed E-state index contributed by atoms with van der Waals surface area (Å²) in [6.45, 7) is 4.48. The highest BCUT2D eigenvalue weighted by Gasteiger charge is 2.24. The molecule has 0 saturated carbocycles. The van der Waals surface area contributed by atoms with E-state index >= 15 is 0 Å². The van der Waals surface area contributed by atoms with Gasteiger partial charge in [0.15, 0.2) is 0 Å². The third kappa shape index (κ3) is 3.92. The number of carbonyl (C=O) groups is 1. The van der Waals surface area contributed by atoms with Gasteiger partial charge in [0, 0.05) is 19.7 Å². The Labute approximate surface area is 112 Å². The molecule has 7 heteroatoms. The molecule has 0 spiro atoms. The molecular formula is C12H21N5O2. The molecule has 2 N–H and O–H groups in total. The van der Waals surface area contributed by atoms with Crippen molar-refractivity contribution in [2.45, 2.75) is 38.8 Å². The van der Waals surface area contributed by atoms with Crippen LogP contribution in [-0.4, -0.2) is 51.4 Å². The van der Waals surface area contributed by atoms with E-state index in [0.29, 0.717) is 6.54 Å². The minimum atomic E-state index is 0.0368. The lowest BCUT2D eigenvalue weighted by atomic mass is 10.1. The summed E-state index contributed by atoms with van der Waals surface area (Å²) < 4.78 is 7.18. The van der Waals surface area contributed by atoms with E-state index in [1.165, 1.54) is 11.0 Å². The third-order valence-electron chi connectivity index (χ3n) is 3.14. The number of anilines is 1. The molecule has 1 aliphatic heterocycles. The van der Waals surface area contributed by atoms with Crippen LogP contribution in [0.5, 0.6) is 0 Å². The van der Waals surface area contributed by atoms with Gasteiger partial charge in [0.2, 0.25) is 11.9 Å². The molecule has 1 atom stereocenters. The van der Waals surface area contributed by atoms with E-state index in [-0.39, 0.29) is 24.5 Å². The molecular weight excluding hydrogens is 246 g/mol. The molecule has 1 fully saturated rings. The van der Waals surface area contributed by atoms with E-state index in [0.717, 1.165) is 32.4 Å². The van der Waals surface area contributed by atoms with Crippen LogP contribution >= 0.6 is 0 Å². The first-order valence-corrected chi connectivity index (χ1v) is 6.73. The zero-order valence-electron chi connectivity index (χ0n) is 11.3. The van der Waals surface area contributed by atoms with Crippen LogP contribution in [0.3, 0.4) is 0 Å². The van der Waals surface area contributed by atoms with Crippen LogP contribution in [-0.2, 0) is 16.1 Å². The number of nitrogen functional groups attached to an aromatic ring is 1. The van der Waals surface area contributed by atoms with Gasteiger partial charge >= 0.3 is 0 Å². The Hall–Kier alpha value is -1.63. The molecule has 1 saturated heterocycles. The second kappa shape index (κ2) is 6.51. The largest absolute Gasteiger partial charge is 0.376 e. The summed E-state index contributed by atoms with van der Waals surface area (Å²) in [5, 5.41) is 3.92. The van der Waals surface area contributed by atoms with Crippen LogP contribution < -0.4 is 5.73 Å². The van der Waals surface area contributed by atoms with Crippen molar-refractivity contribution >= 4 is 11.9 Å². The molecule has 2 rings (SSSR count). The fraction of sp³-hybridized carbons (Fsp3) is 0.750. The average Bonchev–Trinajstić information content (AvgIpc) is 2.82. The molecule has 7 nitrogen and oxygen atoms in total. The number of hydrogen-bond donors (Lipinski definition) is 1. The Morgan fingerprint density at radius 1 is 1.63 bits per heavy atom. The summed E-state index contributed by atoms with van der Waals surface area (Å²) in [6.07, 6.45) is 4.66. The Bertz CT molecular complexity index is 420. The number of nitrogens with two attached hydrogens (primary N) is 1. The fourth-order valence-electron chi connectivity index (χ4n) is 2.21. The number of ether oxygens (including phenoxy) is 1. The van der Waals surface area contributed by atoms with Gasteiger partial charge in [-0.25, -0.2) is 9.67 Å². The van der Waals surface area contributed by atoms with Crippen molar-refractivity contribution in [3.8, 4) is 0 Å². The van der Waals surface area contributed by atoms with E-state index < -0.39 is 0 Å². The molecule has 0 aromatic carbocycles. The Balaban J connectivity index is 1.84. The summed E-state index contributed by atoms with van der Waals surface area (Å²) in [6, 6.07) is 0. The lowest BCUT2D eigenvalue weighted by molar-refractivity contribution is -0.136. The zero-order chi connectivity index (χ0) is 13.7.